The van der Waals surface area contributed by atoms with E-state index in [2.05, 4.69) is 52.3 Å². The summed E-state index contributed by atoms with van der Waals surface area (Å²) < 4.78 is 0. The zero-order valence-corrected chi connectivity index (χ0v) is 14.8. The Morgan fingerprint density at radius 3 is 2.42 bits per heavy atom. The van der Waals surface area contributed by atoms with E-state index in [0.717, 1.165) is 50.5 Å². The molecular weight excluding hydrogens is 316 g/mol. The second-order valence-electron chi connectivity index (χ2n) is 6.70. The summed E-state index contributed by atoms with van der Waals surface area (Å²) in [4.78, 5) is 17.3. The molecule has 0 bridgehead atoms. The van der Waals surface area contributed by atoms with Crippen molar-refractivity contribution in [3.63, 3.8) is 0 Å². The number of carbonyl (C=O) groups is 1. The molecule has 2 aromatic carbocycles. The molecule has 0 spiro atoms. The number of hydrogen-bond donors (Lipinski definition) is 0. The average Bonchev–Trinajstić information content (AvgIpc) is 2.68. The molecule has 0 saturated carbocycles. The van der Waals surface area contributed by atoms with Gasteiger partial charge in [0.1, 0.15) is 0 Å². The van der Waals surface area contributed by atoms with E-state index < -0.39 is 0 Å². The van der Waals surface area contributed by atoms with E-state index in [1.54, 1.807) is 0 Å². The van der Waals surface area contributed by atoms with E-state index in [9.17, 15) is 4.79 Å². The predicted octanol–water partition coefficient (Wildman–Crippen LogP) is 3.63. The fourth-order valence-electron chi connectivity index (χ4n) is 3.89. The van der Waals surface area contributed by atoms with E-state index >= 15 is 0 Å². The van der Waals surface area contributed by atoms with Crippen LogP contribution < -0.4 is 4.90 Å². The standard InChI is InChI=1S/C20H24N2OS/c23-20(22-12-14-24-15-13-22)17-8-10-21(11-9-17)19-7-3-5-16-4-1-2-6-18(16)19/h1-7,17H,8-15H2. The summed E-state index contributed by atoms with van der Waals surface area (Å²) in [5.41, 5.74) is 1.31. The highest BCUT2D eigenvalue weighted by atomic mass is 32.2. The molecule has 2 fully saturated rings. The normalized spacial score (nSPS) is 19.7. The minimum atomic E-state index is 0.222. The predicted molar refractivity (Wildman–Crippen MR) is 103 cm³/mol. The van der Waals surface area contributed by atoms with Crippen molar-refractivity contribution >= 4 is 34.1 Å². The molecule has 0 unspecified atom stereocenters. The lowest BCUT2D eigenvalue weighted by Gasteiger charge is -2.36. The van der Waals surface area contributed by atoms with Crippen LogP contribution in [0.1, 0.15) is 12.8 Å². The first-order valence-electron chi connectivity index (χ1n) is 8.92. The van der Waals surface area contributed by atoms with Crippen molar-refractivity contribution in [2.45, 2.75) is 12.8 Å². The Bertz CT molecular complexity index is 713. The van der Waals surface area contributed by atoms with Crippen LogP contribution in [0.25, 0.3) is 10.8 Å². The molecule has 126 valence electrons. The molecular formula is C20H24N2OS. The Balaban J connectivity index is 1.45. The van der Waals surface area contributed by atoms with Crippen molar-refractivity contribution in [3.8, 4) is 0 Å². The summed E-state index contributed by atoms with van der Waals surface area (Å²) in [7, 11) is 0. The molecule has 2 aliphatic rings. The lowest BCUT2D eigenvalue weighted by atomic mass is 9.94. The van der Waals surface area contributed by atoms with Crippen LogP contribution in [-0.2, 0) is 4.79 Å². The van der Waals surface area contributed by atoms with Gasteiger partial charge in [0.25, 0.3) is 0 Å². The minimum absolute atomic E-state index is 0.222. The first-order chi connectivity index (χ1) is 11.8. The Morgan fingerprint density at radius 1 is 0.917 bits per heavy atom. The Labute approximate surface area is 148 Å². The number of carbonyl (C=O) groups excluding carboxylic acids is 1. The van der Waals surface area contributed by atoms with Crippen molar-refractivity contribution in [3.05, 3.63) is 42.5 Å². The zero-order valence-electron chi connectivity index (χ0n) is 14.0. The van der Waals surface area contributed by atoms with Gasteiger partial charge in [-0.25, -0.2) is 0 Å². The molecule has 0 aliphatic carbocycles. The van der Waals surface area contributed by atoms with Crippen molar-refractivity contribution < 1.29 is 4.79 Å². The van der Waals surface area contributed by atoms with Crippen LogP contribution in [0.15, 0.2) is 42.5 Å². The average molecular weight is 340 g/mol. The molecule has 3 nitrogen and oxygen atoms in total. The maximum absolute atomic E-state index is 12.7. The molecule has 1 amide bonds. The van der Waals surface area contributed by atoms with Crippen LogP contribution in [0.5, 0.6) is 0 Å². The molecule has 2 aliphatic heterocycles. The van der Waals surface area contributed by atoms with Gasteiger partial charge < -0.3 is 9.80 Å². The number of benzene rings is 2. The third-order valence-electron chi connectivity index (χ3n) is 5.27. The number of nitrogens with zero attached hydrogens (tertiary/aromatic N) is 2. The second kappa shape index (κ2) is 7.06. The first kappa shape index (κ1) is 15.8. The Morgan fingerprint density at radius 2 is 1.62 bits per heavy atom. The van der Waals surface area contributed by atoms with Gasteiger partial charge in [-0.1, -0.05) is 36.4 Å². The van der Waals surface area contributed by atoms with Gasteiger partial charge in [-0.05, 0) is 24.3 Å². The topological polar surface area (TPSA) is 23.6 Å². The highest BCUT2D eigenvalue weighted by molar-refractivity contribution is 7.99. The molecule has 0 aromatic heterocycles. The summed E-state index contributed by atoms with van der Waals surface area (Å²) in [6, 6.07) is 15.1. The summed E-state index contributed by atoms with van der Waals surface area (Å²) in [6.45, 7) is 3.83. The van der Waals surface area contributed by atoms with Crippen LogP contribution in [0.3, 0.4) is 0 Å². The number of anilines is 1. The molecule has 24 heavy (non-hydrogen) atoms. The Hall–Kier alpha value is -1.68. The van der Waals surface area contributed by atoms with Crippen molar-refractivity contribution in [2.24, 2.45) is 5.92 Å². The minimum Gasteiger partial charge on any atom is -0.371 e. The largest absolute Gasteiger partial charge is 0.371 e. The number of rotatable bonds is 2. The van der Waals surface area contributed by atoms with E-state index in [-0.39, 0.29) is 5.92 Å². The molecule has 0 N–H and O–H groups in total. The van der Waals surface area contributed by atoms with Crippen LogP contribution in [0, 0.1) is 5.92 Å². The zero-order chi connectivity index (χ0) is 16.4. The lowest BCUT2D eigenvalue weighted by Crippen LogP contribution is -2.45. The van der Waals surface area contributed by atoms with Crippen LogP contribution in [-0.4, -0.2) is 48.5 Å². The van der Waals surface area contributed by atoms with Gasteiger partial charge in [0, 0.05) is 54.7 Å². The molecule has 0 radical (unpaired) electrons. The second-order valence-corrected chi connectivity index (χ2v) is 7.92. The maximum atomic E-state index is 12.7. The van der Waals surface area contributed by atoms with E-state index in [0.29, 0.717) is 5.91 Å². The highest BCUT2D eigenvalue weighted by Crippen LogP contribution is 2.31. The number of thioether (sulfide) groups is 1. The molecule has 2 heterocycles. The van der Waals surface area contributed by atoms with Crippen LogP contribution >= 0.6 is 11.8 Å². The molecule has 2 aromatic rings. The number of piperidine rings is 1. The van der Waals surface area contributed by atoms with Gasteiger partial charge in [0.05, 0.1) is 0 Å². The van der Waals surface area contributed by atoms with Gasteiger partial charge in [-0.2, -0.15) is 11.8 Å². The first-order valence-corrected chi connectivity index (χ1v) is 10.1. The van der Waals surface area contributed by atoms with Gasteiger partial charge in [0.2, 0.25) is 5.91 Å². The van der Waals surface area contributed by atoms with Gasteiger partial charge in [-0.15, -0.1) is 0 Å². The fraction of sp³-hybridized carbons (Fsp3) is 0.450. The Kier molecular flexibility index (Phi) is 4.65. The van der Waals surface area contributed by atoms with E-state index in [1.165, 1.54) is 16.5 Å². The third kappa shape index (κ3) is 3.12. The fourth-order valence-corrected chi connectivity index (χ4v) is 4.80. The third-order valence-corrected chi connectivity index (χ3v) is 6.22. The van der Waals surface area contributed by atoms with Crippen LogP contribution in [0.2, 0.25) is 0 Å². The summed E-state index contributed by atoms with van der Waals surface area (Å²) in [5, 5.41) is 2.61. The van der Waals surface area contributed by atoms with Crippen molar-refractivity contribution in [1.29, 1.82) is 0 Å². The van der Waals surface area contributed by atoms with Crippen molar-refractivity contribution in [1.82, 2.24) is 4.90 Å². The lowest BCUT2D eigenvalue weighted by molar-refractivity contribution is -0.135. The molecule has 2 saturated heterocycles. The molecule has 0 atom stereocenters. The van der Waals surface area contributed by atoms with E-state index in [1.807, 2.05) is 11.8 Å². The number of hydrogen-bond acceptors (Lipinski definition) is 3. The summed E-state index contributed by atoms with van der Waals surface area (Å²) in [5.74, 6) is 2.81. The van der Waals surface area contributed by atoms with Gasteiger partial charge in [-0.3, -0.25) is 4.79 Å². The monoisotopic (exact) mass is 340 g/mol. The summed E-state index contributed by atoms with van der Waals surface area (Å²) in [6.07, 6.45) is 1.96. The smallest absolute Gasteiger partial charge is 0.225 e. The molecule has 4 rings (SSSR count). The summed E-state index contributed by atoms with van der Waals surface area (Å²) >= 11 is 1.96. The van der Waals surface area contributed by atoms with Crippen LogP contribution in [0.4, 0.5) is 5.69 Å². The quantitative estimate of drug-likeness (QED) is 0.834. The van der Waals surface area contributed by atoms with E-state index in [4.69, 9.17) is 0 Å². The highest BCUT2D eigenvalue weighted by Gasteiger charge is 2.29. The number of amides is 1. The van der Waals surface area contributed by atoms with Gasteiger partial charge in [0.15, 0.2) is 0 Å². The van der Waals surface area contributed by atoms with Crippen molar-refractivity contribution in [2.75, 3.05) is 42.6 Å². The maximum Gasteiger partial charge on any atom is 0.225 e. The van der Waals surface area contributed by atoms with Gasteiger partial charge >= 0.3 is 0 Å². The number of fused-ring (bicyclic) bond motifs is 1. The molecule has 4 heteroatoms. The SMILES string of the molecule is O=C(C1CCN(c2cccc3ccccc23)CC1)N1CCSCC1.